The van der Waals surface area contributed by atoms with Crippen LogP contribution in [0, 0.1) is 0 Å². The molecule has 0 atom stereocenters. The molecule has 0 aliphatic heterocycles. The molecule has 0 bridgehead atoms. The number of rotatable bonds is 6. The molecule has 1 aromatic heterocycles. The molecule has 0 radical (unpaired) electrons. The maximum atomic E-state index is 11.6. The van der Waals surface area contributed by atoms with Crippen LogP contribution in [0.2, 0.25) is 0 Å². The van der Waals surface area contributed by atoms with Crippen LogP contribution in [-0.4, -0.2) is 25.8 Å². The van der Waals surface area contributed by atoms with Crippen LogP contribution in [-0.2, 0) is 0 Å². The lowest BCUT2D eigenvalue weighted by molar-refractivity contribution is 0.0927. The van der Waals surface area contributed by atoms with Gasteiger partial charge in [-0.3, -0.25) is 4.79 Å². The number of methoxy groups -OCH3 is 1. The van der Waals surface area contributed by atoms with Gasteiger partial charge in [-0.15, -0.1) is 0 Å². The number of amides is 1. The number of benzene rings is 1. The first kappa shape index (κ1) is 14.6. The van der Waals surface area contributed by atoms with E-state index in [-0.39, 0.29) is 5.76 Å². The van der Waals surface area contributed by atoms with E-state index in [9.17, 15) is 4.79 Å². The van der Waals surface area contributed by atoms with Crippen LogP contribution in [0.1, 0.15) is 23.0 Å². The van der Waals surface area contributed by atoms with Gasteiger partial charge in [0.05, 0.1) is 26.2 Å². The SMILES string of the molecule is CCOc1ccc(/C=N/NC(=O)c2ccco2)cc1OC. The minimum absolute atomic E-state index is 0.205. The number of furan rings is 1. The summed E-state index contributed by atoms with van der Waals surface area (Å²) in [6.45, 7) is 2.46. The number of ether oxygens (including phenoxy) is 2. The fraction of sp³-hybridized carbons (Fsp3) is 0.200. The van der Waals surface area contributed by atoms with Crippen molar-refractivity contribution in [2.24, 2.45) is 5.10 Å². The molecular formula is C15H16N2O4. The number of carbonyl (C=O) groups is 1. The topological polar surface area (TPSA) is 73.1 Å². The van der Waals surface area contributed by atoms with Crippen molar-refractivity contribution in [3.63, 3.8) is 0 Å². The summed E-state index contributed by atoms with van der Waals surface area (Å²) >= 11 is 0. The van der Waals surface area contributed by atoms with Gasteiger partial charge in [-0.25, -0.2) is 5.43 Å². The van der Waals surface area contributed by atoms with E-state index in [2.05, 4.69) is 10.5 Å². The fourth-order valence-electron chi connectivity index (χ4n) is 1.67. The highest BCUT2D eigenvalue weighted by Gasteiger charge is 2.06. The molecule has 0 aliphatic carbocycles. The lowest BCUT2D eigenvalue weighted by Gasteiger charge is -2.09. The summed E-state index contributed by atoms with van der Waals surface area (Å²) in [6, 6.07) is 8.57. The zero-order valence-electron chi connectivity index (χ0n) is 11.8. The van der Waals surface area contributed by atoms with Crippen LogP contribution in [0.3, 0.4) is 0 Å². The standard InChI is InChI=1S/C15H16N2O4/c1-3-20-12-7-6-11(9-14(12)19-2)10-16-17-15(18)13-5-4-8-21-13/h4-10H,3H2,1-2H3,(H,17,18)/b16-10+. The highest BCUT2D eigenvalue weighted by Crippen LogP contribution is 2.27. The van der Waals surface area contributed by atoms with Crippen LogP contribution in [0.25, 0.3) is 0 Å². The smallest absolute Gasteiger partial charge is 0.307 e. The number of hydrazone groups is 1. The molecule has 6 heteroatoms. The third kappa shape index (κ3) is 3.85. The van der Waals surface area contributed by atoms with Crippen molar-refractivity contribution in [2.45, 2.75) is 6.92 Å². The second kappa shape index (κ2) is 7.14. The normalized spacial score (nSPS) is 10.6. The van der Waals surface area contributed by atoms with E-state index in [4.69, 9.17) is 13.9 Å². The van der Waals surface area contributed by atoms with E-state index in [1.165, 1.54) is 12.5 Å². The molecule has 0 aliphatic rings. The minimum Gasteiger partial charge on any atom is -0.493 e. The minimum atomic E-state index is -0.408. The molecule has 0 saturated heterocycles. The Hall–Kier alpha value is -2.76. The van der Waals surface area contributed by atoms with Gasteiger partial charge < -0.3 is 13.9 Å². The molecule has 1 aromatic carbocycles. The van der Waals surface area contributed by atoms with Crippen LogP contribution < -0.4 is 14.9 Å². The second-order valence-electron chi connectivity index (χ2n) is 4.02. The van der Waals surface area contributed by atoms with Gasteiger partial charge in [0.15, 0.2) is 17.3 Å². The molecule has 0 saturated carbocycles. The van der Waals surface area contributed by atoms with Crippen molar-refractivity contribution in [2.75, 3.05) is 13.7 Å². The molecule has 0 fully saturated rings. The van der Waals surface area contributed by atoms with Crippen LogP contribution >= 0.6 is 0 Å². The quantitative estimate of drug-likeness (QED) is 0.654. The highest BCUT2D eigenvalue weighted by molar-refractivity contribution is 5.92. The van der Waals surface area contributed by atoms with E-state index < -0.39 is 5.91 Å². The Morgan fingerprint density at radius 3 is 2.90 bits per heavy atom. The summed E-state index contributed by atoms with van der Waals surface area (Å²) in [5.41, 5.74) is 3.15. The second-order valence-corrected chi connectivity index (χ2v) is 4.02. The van der Waals surface area contributed by atoms with Gasteiger partial charge in [-0.05, 0) is 42.8 Å². The third-order valence-corrected chi connectivity index (χ3v) is 2.61. The summed E-state index contributed by atoms with van der Waals surface area (Å²) in [7, 11) is 1.57. The van der Waals surface area contributed by atoms with E-state index in [0.717, 1.165) is 5.56 Å². The van der Waals surface area contributed by atoms with Gasteiger partial charge in [0, 0.05) is 0 Å². The van der Waals surface area contributed by atoms with Crippen molar-refractivity contribution >= 4 is 12.1 Å². The highest BCUT2D eigenvalue weighted by atomic mass is 16.5. The average Bonchev–Trinajstić information content (AvgIpc) is 3.03. The lowest BCUT2D eigenvalue weighted by atomic mass is 10.2. The van der Waals surface area contributed by atoms with Crippen LogP contribution in [0.5, 0.6) is 11.5 Å². The molecule has 6 nitrogen and oxygen atoms in total. The maximum absolute atomic E-state index is 11.6. The Bertz CT molecular complexity index is 621. The zero-order chi connectivity index (χ0) is 15.1. The molecule has 21 heavy (non-hydrogen) atoms. The van der Waals surface area contributed by atoms with Crippen molar-refractivity contribution in [1.29, 1.82) is 0 Å². The van der Waals surface area contributed by atoms with Crippen molar-refractivity contribution in [3.05, 3.63) is 47.9 Å². The van der Waals surface area contributed by atoms with Crippen LogP contribution in [0.4, 0.5) is 0 Å². The van der Waals surface area contributed by atoms with E-state index >= 15 is 0 Å². The largest absolute Gasteiger partial charge is 0.493 e. The first-order chi connectivity index (χ1) is 10.2. The number of carbonyl (C=O) groups excluding carboxylic acids is 1. The Kier molecular flexibility index (Phi) is 4.98. The molecule has 1 N–H and O–H groups in total. The van der Waals surface area contributed by atoms with E-state index in [1.807, 2.05) is 13.0 Å². The summed E-state index contributed by atoms with van der Waals surface area (Å²) in [5.74, 6) is 1.07. The third-order valence-electron chi connectivity index (χ3n) is 2.61. The predicted molar refractivity (Wildman–Crippen MR) is 77.9 cm³/mol. The van der Waals surface area contributed by atoms with E-state index in [1.54, 1.807) is 31.4 Å². The summed E-state index contributed by atoms with van der Waals surface area (Å²) in [5, 5.41) is 3.87. The van der Waals surface area contributed by atoms with Gasteiger partial charge in [-0.1, -0.05) is 0 Å². The molecule has 0 spiro atoms. The molecular weight excluding hydrogens is 272 g/mol. The molecule has 110 valence electrons. The van der Waals surface area contributed by atoms with Gasteiger partial charge in [0.25, 0.3) is 0 Å². The monoisotopic (exact) mass is 288 g/mol. The first-order valence-corrected chi connectivity index (χ1v) is 6.42. The predicted octanol–water partition coefficient (Wildman–Crippen LogP) is 2.45. The summed E-state index contributed by atoms with van der Waals surface area (Å²) < 4.78 is 15.6. The molecule has 1 heterocycles. The molecule has 2 rings (SSSR count). The van der Waals surface area contributed by atoms with Gasteiger partial charge in [0.2, 0.25) is 0 Å². The van der Waals surface area contributed by atoms with Crippen molar-refractivity contribution < 1.29 is 18.7 Å². The van der Waals surface area contributed by atoms with Gasteiger partial charge in [-0.2, -0.15) is 5.10 Å². The lowest BCUT2D eigenvalue weighted by Crippen LogP contribution is -2.16. The Morgan fingerprint density at radius 1 is 1.38 bits per heavy atom. The van der Waals surface area contributed by atoms with Crippen LogP contribution in [0.15, 0.2) is 46.1 Å². The van der Waals surface area contributed by atoms with Gasteiger partial charge >= 0.3 is 5.91 Å². The fourth-order valence-corrected chi connectivity index (χ4v) is 1.67. The number of nitrogens with zero attached hydrogens (tertiary/aromatic N) is 1. The molecule has 2 aromatic rings. The zero-order valence-corrected chi connectivity index (χ0v) is 11.8. The Labute approximate surface area is 122 Å². The summed E-state index contributed by atoms with van der Waals surface area (Å²) in [6.07, 6.45) is 2.94. The van der Waals surface area contributed by atoms with Crippen molar-refractivity contribution in [1.82, 2.24) is 5.43 Å². The number of nitrogens with one attached hydrogen (secondary N) is 1. The Balaban J connectivity index is 2.02. The molecule has 0 unspecified atom stereocenters. The maximum Gasteiger partial charge on any atom is 0.307 e. The van der Waals surface area contributed by atoms with Crippen molar-refractivity contribution in [3.8, 4) is 11.5 Å². The Morgan fingerprint density at radius 2 is 2.24 bits per heavy atom. The van der Waals surface area contributed by atoms with Gasteiger partial charge in [0.1, 0.15) is 0 Å². The average molecular weight is 288 g/mol. The number of hydrogen-bond donors (Lipinski definition) is 1. The molecule has 1 amide bonds. The summed E-state index contributed by atoms with van der Waals surface area (Å²) in [4.78, 5) is 11.6. The number of hydrogen-bond acceptors (Lipinski definition) is 5. The first-order valence-electron chi connectivity index (χ1n) is 6.42. The van der Waals surface area contributed by atoms with E-state index in [0.29, 0.717) is 18.1 Å².